The Labute approximate surface area is 120 Å². The van der Waals surface area contributed by atoms with Gasteiger partial charge in [-0.3, -0.25) is 10.1 Å². The molecule has 0 fully saturated rings. The quantitative estimate of drug-likeness (QED) is 0.647. The van der Waals surface area contributed by atoms with Gasteiger partial charge < -0.3 is 9.72 Å². The van der Waals surface area contributed by atoms with Crippen molar-refractivity contribution in [2.24, 2.45) is 0 Å². The molecule has 1 atom stereocenters. The maximum atomic E-state index is 10.9. The molecule has 1 aromatic heterocycles. The van der Waals surface area contributed by atoms with Crippen LogP contribution in [0.2, 0.25) is 5.02 Å². The lowest BCUT2D eigenvalue weighted by atomic mass is 10.2. The van der Waals surface area contributed by atoms with Crippen LogP contribution in [0.4, 0.5) is 5.69 Å². The third kappa shape index (κ3) is 3.08. The minimum atomic E-state index is -0.531. The van der Waals surface area contributed by atoms with Crippen LogP contribution in [0.5, 0.6) is 5.75 Å². The smallest absolute Gasteiger partial charge is 0.291 e. The van der Waals surface area contributed by atoms with Gasteiger partial charge in [0.25, 0.3) is 5.69 Å². The maximum Gasteiger partial charge on any atom is 0.291 e. The monoisotopic (exact) mass is 295 g/mol. The van der Waals surface area contributed by atoms with Gasteiger partial charge in [-0.25, -0.2) is 4.98 Å². The number of aromatic amines is 1. The highest BCUT2D eigenvalue weighted by molar-refractivity contribution is 6.34. The molecule has 0 spiro atoms. The number of nitro groups is 1. The number of nitrogens with one attached hydrogen (secondary N) is 1. The van der Waals surface area contributed by atoms with Crippen molar-refractivity contribution in [3.8, 4) is 5.75 Å². The number of nitrogens with zero attached hydrogens (tertiary/aromatic N) is 2. The number of hydrogen-bond acceptors (Lipinski definition) is 4. The average Bonchev–Trinajstić information content (AvgIpc) is 2.94. The SMILES string of the molecule is CCCC(Oc1cccc([N+](=O)[O-])c1Cl)c1ncc[nH]1. The molecule has 0 saturated heterocycles. The van der Waals surface area contributed by atoms with E-state index in [0.717, 1.165) is 12.8 Å². The van der Waals surface area contributed by atoms with Crippen LogP contribution in [0.25, 0.3) is 0 Å². The van der Waals surface area contributed by atoms with E-state index in [1.807, 2.05) is 6.92 Å². The molecule has 0 amide bonds. The topological polar surface area (TPSA) is 81.1 Å². The summed E-state index contributed by atoms with van der Waals surface area (Å²) in [5.74, 6) is 0.963. The lowest BCUT2D eigenvalue weighted by molar-refractivity contribution is -0.384. The van der Waals surface area contributed by atoms with E-state index in [1.54, 1.807) is 24.5 Å². The molecule has 7 heteroatoms. The number of ether oxygens (including phenoxy) is 1. The number of hydrogen-bond donors (Lipinski definition) is 1. The summed E-state index contributed by atoms with van der Waals surface area (Å²) in [5.41, 5.74) is -0.168. The summed E-state index contributed by atoms with van der Waals surface area (Å²) in [6.07, 6.45) is 4.64. The fraction of sp³-hybridized carbons (Fsp3) is 0.308. The number of nitro benzene ring substituents is 1. The summed E-state index contributed by atoms with van der Waals surface area (Å²) in [7, 11) is 0. The Morgan fingerprint density at radius 2 is 2.35 bits per heavy atom. The molecule has 2 rings (SSSR count). The van der Waals surface area contributed by atoms with E-state index in [1.165, 1.54) is 6.07 Å². The first-order valence-electron chi connectivity index (χ1n) is 6.22. The lowest BCUT2D eigenvalue weighted by Crippen LogP contribution is -2.10. The van der Waals surface area contributed by atoms with Gasteiger partial charge in [0, 0.05) is 18.5 Å². The minimum Gasteiger partial charge on any atom is -0.481 e. The van der Waals surface area contributed by atoms with Gasteiger partial charge in [-0.15, -0.1) is 0 Å². The van der Waals surface area contributed by atoms with Crippen molar-refractivity contribution in [2.45, 2.75) is 25.9 Å². The summed E-state index contributed by atoms with van der Waals surface area (Å²) >= 11 is 6.01. The first-order chi connectivity index (χ1) is 9.63. The van der Waals surface area contributed by atoms with E-state index >= 15 is 0 Å². The van der Waals surface area contributed by atoms with Crippen LogP contribution in [-0.2, 0) is 0 Å². The molecule has 106 valence electrons. The number of halogens is 1. The number of H-pyrrole nitrogens is 1. The van der Waals surface area contributed by atoms with E-state index < -0.39 is 4.92 Å². The van der Waals surface area contributed by atoms with Crippen LogP contribution in [0.3, 0.4) is 0 Å². The van der Waals surface area contributed by atoms with Crippen molar-refractivity contribution >= 4 is 17.3 Å². The first kappa shape index (κ1) is 14.3. The van der Waals surface area contributed by atoms with Crippen molar-refractivity contribution in [3.63, 3.8) is 0 Å². The molecule has 0 saturated carbocycles. The summed E-state index contributed by atoms with van der Waals surface area (Å²) in [6.45, 7) is 2.02. The standard InChI is InChI=1S/C13H14ClN3O3/c1-2-4-11(13-15-7-8-16-13)20-10-6-3-5-9(12(10)14)17(18)19/h3,5-8,11H,2,4H2,1H3,(H,15,16). The van der Waals surface area contributed by atoms with E-state index in [4.69, 9.17) is 16.3 Å². The average molecular weight is 296 g/mol. The van der Waals surface area contributed by atoms with Gasteiger partial charge in [-0.05, 0) is 12.5 Å². The molecule has 2 aromatic rings. The molecule has 1 unspecified atom stereocenters. The van der Waals surface area contributed by atoms with E-state index in [2.05, 4.69) is 9.97 Å². The van der Waals surface area contributed by atoms with Gasteiger partial charge in [0.2, 0.25) is 0 Å². The van der Waals surface area contributed by atoms with Crippen molar-refractivity contribution < 1.29 is 9.66 Å². The number of rotatable bonds is 6. The summed E-state index contributed by atoms with van der Waals surface area (Å²) in [6, 6.07) is 4.50. The predicted octanol–water partition coefficient (Wildman–Crippen LogP) is 3.89. The van der Waals surface area contributed by atoms with E-state index in [0.29, 0.717) is 5.82 Å². The minimum absolute atomic E-state index is 0.00478. The third-order valence-corrected chi connectivity index (χ3v) is 3.16. The normalized spacial score (nSPS) is 12.1. The van der Waals surface area contributed by atoms with E-state index in [-0.39, 0.29) is 22.6 Å². The largest absolute Gasteiger partial charge is 0.481 e. The van der Waals surface area contributed by atoms with Crippen LogP contribution < -0.4 is 4.74 Å². The van der Waals surface area contributed by atoms with Crippen LogP contribution in [-0.4, -0.2) is 14.9 Å². The summed E-state index contributed by atoms with van der Waals surface area (Å²) < 4.78 is 5.79. The molecular weight excluding hydrogens is 282 g/mol. The Morgan fingerprint density at radius 3 is 2.95 bits per heavy atom. The second-order valence-corrected chi connectivity index (χ2v) is 4.59. The van der Waals surface area contributed by atoms with Gasteiger partial charge in [0.05, 0.1) is 4.92 Å². The zero-order valence-corrected chi connectivity index (χ0v) is 11.6. The highest BCUT2D eigenvalue weighted by atomic mass is 35.5. The Morgan fingerprint density at radius 1 is 1.55 bits per heavy atom. The fourth-order valence-corrected chi connectivity index (χ4v) is 2.09. The zero-order chi connectivity index (χ0) is 14.5. The Balaban J connectivity index is 2.27. The molecular formula is C13H14ClN3O3. The first-order valence-corrected chi connectivity index (χ1v) is 6.60. The van der Waals surface area contributed by atoms with Gasteiger partial charge >= 0.3 is 0 Å². The number of benzene rings is 1. The summed E-state index contributed by atoms with van der Waals surface area (Å²) in [4.78, 5) is 17.5. The van der Waals surface area contributed by atoms with Gasteiger partial charge in [0.1, 0.15) is 11.6 Å². The van der Waals surface area contributed by atoms with E-state index in [9.17, 15) is 10.1 Å². The second kappa shape index (κ2) is 6.38. The lowest BCUT2D eigenvalue weighted by Gasteiger charge is -2.17. The van der Waals surface area contributed by atoms with Crippen molar-refractivity contribution in [1.82, 2.24) is 9.97 Å². The van der Waals surface area contributed by atoms with Gasteiger partial charge in [-0.2, -0.15) is 0 Å². The van der Waals surface area contributed by atoms with Crippen LogP contribution in [0.15, 0.2) is 30.6 Å². The van der Waals surface area contributed by atoms with Crippen LogP contribution in [0, 0.1) is 10.1 Å². The van der Waals surface area contributed by atoms with Crippen molar-refractivity contribution in [2.75, 3.05) is 0 Å². The molecule has 0 bridgehead atoms. The molecule has 0 aliphatic rings. The maximum absolute atomic E-state index is 10.9. The predicted molar refractivity (Wildman–Crippen MR) is 75.0 cm³/mol. The van der Waals surface area contributed by atoms with Crippen molar-refractivity contribution in [1.29, 1.82) is 0 Å². The number of imidazole rings is 1. The molecule has 1 heterocycles. The van der Waals surface area contributed by atoms with Gasteiger partial charge in [-0.1, -0.05) is 31.0 Å². The third-order valence-electron chi connectivity index (χ3n) is 2.78. The highest BCUT2D eigenvalue weighted by Gasteiger charge is 2.21. The Kier molecular flexibility index (Phi) is 4.57. The molecule has 0 aliphatic carbocycles. The molecule has 0 radical (unpaired) electrons. The summed E-state index contributed by atoms with van der Waals surface area (Å²) in [5, 5.41) is 10.9. The molecule has 1 N–H and O–H groups in total. The zero-order valence-electron chi connectivity index (χ0n) is 10.9. The highest BCUT2D eigenvalue weighted by Crippen LogP contribution is 2.36. The second-order valence-electron chi connectivity index (χ2n) is 4.22. The van der Waals surface area contributed by atoms with Crippen molar-refractivity contribution in [3.05, 3.63) is 51.6 Å². The number of aromatic nitrogens is 2. The Bertz CT molecular complexity index is 587. The molecule has 6 nitrogen and oxygen atoms in total. The Hall–Kier alpha value is -2.08. The van der Waals surface area contributed by atoms with Crippen LogP contribution in [0.1, 0.15) is 31.7 Å². The van der Waals surface area contributed by atoms with Crippen LogP contribution >= 0.6 is 11.6 Å². The van der Waals surface area contributed by atoms with Gasteiger partial charge in [0.15, 0.2) is 11.1 Å². The molecule has 20 heavy (non-hydrogen) atoms. The fourth-order valence-electron chi connectivity index (χ4n) is 1.85. The molecule has 1 aromatic carbocycles. The molecule has 0 aliphatic heterocycles.